The van der Waals surface area contributed by atoms with Gasteiger partial charge >= 0.3 is 0 Å². The number of amides is 2. The lowest BCUT2D eigenvalue weighted by molar-refractivity contribution is -0.120. The number of likely N-dealkylation sites (tertiary alicyclic amines) is 1. The lowest BCUT2D eigenvalue weighted by atomic mass is 9.96. The number of hydrogen-bond acceptors (Lipinski definition) is 4. The summed E-state index contributed by atoms with van der Waals surface area (Å²) in [5, 5.41) is 11.2. The molecule has 0 radical (unpaired) electrons. The molecule has 2 heterocycles. The van der Waals surface area contributed by atoms with Crippen LogP contribution in [0.4, 0.5) is 0 Å². The van der Waals surface area contributed by atoms with Crippen LogP contribution in [0.5, 0.6) is 0 Å². The van der Waals surface area contributed by atoms with Gasteiger partial charge in [-0.1, -0.05) is 0 Å². The van der Waals surface area contributed by atoms with Crippen LogP contribution in [0.3, 0.4) is 0 Å². The van der Waals surface area contributed by atoms with E-state index in [-0.39, 0.29) is 18.2 Å². The van der Waals surface area contributed by atoms with Crippen LogP contribution in [0.15, 0.2) is 24.5 Å². The maximum Gasteiger partial charge on any atom is 0.253 e. The minimum Gasteiger partial charge on any atom is -0.355 e. The molecular weight excluding hydrogens is 306 g/mol. The van der Waals surface area contributed by atoms with Crippen molar-refractivity contribution in [1.82, 2.24) is 20.2 Å². The fourth-order valence-corrected chi connectivity index (χ4v) is 2.98. The number of hydrogen-bond donors (Lipinski definition) is 2. The minimum atomic E-state index is -0.233. The summed E-state index contributed by atoms with van der Waals surface area (Å²) < 4.78 is 0. The molecule has 3 rings (SSSR count). The zero-order valence-electron chi connectivity index (χ0n) is 13.3. The average molecular weight is 325 g/mol. The number of carbonyl (C=O) groups is 2. The first kappa shape index (κ1) is 16.0. The topological polar surface area (TPSA) is 102 Å². The van der Waals surface area contributed by atoms with Crippen molar-refractivity contribution in [1.29, 1.82) is 5.26 Å². The van der Waals surface area contributed by atoms with Crippen LogP contribution in [0.25, 0.3) is 11.0 Å². The first-order chi connectivity index (χ1) is 11.7. The number of nitriles is 1. The lowest BCUT2D eigenvalue weighted by Crippen LogP contribution is -2.41. The predicted molar refractivity (Wildman–Crippen MR) is 88.0 cm³/mol. The first-order valence-electron chi connectivity index (χ1n) is 8.03. The zero-order chi connectivity index (χ0) is 16.9. The molecule has 7 nitrogen and oxygen atoms in total. The van der Waals surface area contributed by atoms with E-state index in [1.165, 1.54) is 0 Å². The fraction of sp³-hybridized carbons (Fsp3) is 0.412. The van der Waals surface area contributed by atoms with Crippen molar-refractivity contribution in [2.45, 2.75) is 19.3 Å². The molecule has 24 heavy (non-hydrogen) atoms. The molecule has 2 aromatic rings. The van der Waals surface area contributed by atoms with Crippen LogP contribution in [0, 0.1) is 17.2 Å². The van der Waals surface area contributed by atoms with Crippen LogP contribution in [0.1, 0.15) is 29.6 Å². The number of aromatic nitrogens is 2. The Morgan fingerprint density at radius 3 is 2.92 bits per heavy atom. The van der Waals surface area contributed by atoms with E-state index in [4.69, 9.17) is 5.26 Å². The summed E-state index contributed by atoms with van der Waals surface area (Å²) in [6, 6.07) is 7.32. The average Bonchev–Trinajstić information content (AvgIpc) is 3.08. The van der Waals surface area contributed by atoms with E-state index in [1.807, 2.05) is 23.1 Å². The van der Waals surface area contributed by atoms with Gasteiger partial charge in [-0.15, -0.1) is 0 Å². The van der Waals surface area contributed by atoms with Gasteiger partial charge in [-0.2, -0.15) is 5.26 Å². The molecule has 0 bridgehead atoms. The Bertz CT molecular complexity index is 784. The second-order valence-corrected chi connectivity index (χ2v) is 6.01. The standard InChI is InChI=1S/C17H19N5O2/c18-6-3-16(23)19-10-12-4-7-22(8-5-12)17(24)13-1-2-14-15(9-13)21-11-20-14/h1-2,9,11-12H,3-5,7-8,10H2,(H,19,23)(H,20,21). The highest BCUT2D eigenvalue weighted by molar-refractivity contribution is 5.97. The summed E-state index contributed by atoms with van der Waals surface area (Å²) in [5.41, 5.74) is 2.36. The van der Waals surface area contributed by atoms with E-state index in [9.17, 15) is 9.59 Å². The van der Waals surface area contributed by atoms with E-state index in [0.29, 0.717) is 31.1 Å². The number of benzene rings is 1. The van der Waals surface area contributed by atoms with Crippen LogP contribution < -0.4 is 5.32 Å². The number of piperidine rings is 1. The van der Waals surface area contributed by atoms with E-state index in [1.54, 1.807) is 12.4 Å². The highest BCUT2D eigenvalue weighted by Crippen LogP contribution is 2.20. The number of carbonyl (C=O) groups excluding carboxylic acids is 2. The van der Waals surface area contributed by atoms with Crippen molar-refractivity contribution in [2.24, 2.45) is 5.92 Å². The van der Waals surface area contributed by atoms with Crippen molar-refractivity contribution in [2.75, 3.05) is 19.6 Å². The third kappa shape index (κ3) is 3.54. The Kier molecular flexibility index (Phi) is 4.75. The van der Waals surface area contributed by atoms with E-state index < -0.39 is 0 Å². The summed E-state index contributed by atoms with van der Waals surface area (Å²) in [6.07, 6.45) is 3.22. The Morgan fingerprint density at radius 1 is 1.38 bits per heavy atom. The monoisotopic (exact) mass is 325 g/mol. The number of imidazole rings is 1. The molecule has 2 N–H and O–H groups in total. The van der Waals surface area contributed by atoms with Gasteiger partial charge < -0.3 is 15.2 Å². The van der Waals surface area contributed by atoms with Crippen LogP contribution >= 0.6 is 0 Å². The molecule has 124 valence electrons. The summed E-state index contributed by atoms with van der Waals surface area (Å²) in [6.45, 7) is 1.93. The maximum absolute atomic E-state index is 12.6. The number of nitrogens with one attached hydrogen (secondary N) is 2. The first-order valence-corrected chi connectivity index (χ1v) is 8.03. The molecule has 1 saturated heterocycles. The fourth-order valence-electron chi connectivity index (χ4n) is 2.98. The van der Waals surface area contributed by atoms with Gasteiger partial charge in [0.15, 0.2) is 0 Å². The van der Waals surface area contributed by atoms with Gasteiger partial charge in [-0.3, -0.25) is 9.59 Å². The van der Waals surface area contributed by atoms with Gasteiger partial charge in [0.05, 0.1) is 23.4 Å². The van der Waals surface area contributed by atoms with E-state index >= 15 is 0 Å². The van der Waals surface area contributed by atoms with Crippen LogP contribution in [-0.2, 0) is 4.79 Å². The Morgan fingerprint density at radius 2 is 2.17 bits per heavy atom. The molecule has 0 spiro atoms. The van der Waals surface area contributed by atoms with E-state index in [0.717, 1.165) is 23.9 Å². The van der Waals surface area contributed by atoms with Gasteiger partial charge in [0.1, 0.15) is 6.42 Å². The third-order valence-electron chi connectivity index (χ3n) is 4.40. The second kappa shape index (κ2) is 7.13. The number of H-pyrrole nitrogens is 1. The molecule has 2 amide bonds. The molecule has 1 aromatic carbocycles. The van der Waals surface area contributed by atoms with Crippen LogP contribution in [-0.4, -0.2) is 46.3 Å². The number of aromatic amines is 1. The number of fused-ring (bicyclic) bond motifs is 1. The van der Waals surface area contributed by atoms with Crippen LogP contribution in [0.2, 0.25) is 0 Å². The van der Waals surface area contributed by atoms with Crippen molar-refractivity contribution in [3.63, 3.8) is 0 Å². The molecule has 7 heteroatoms. The molecule has 1 fully saturated rings. The molecule has 1 aromatic heterocycles. The molecular formula is C17H19N5O2. The number of rotatable bonds is 4. The van der Waals surface area contributed by atoms with E-state index in [2.05, 4.69) is 15.3 Å². The molecule has 1 aliphatic heterocycles. The lowest BCUT2D eigenvalue weighted by Gasteiger charge is -2.32. The maximum atomic E-state index is 12.6. The summed E-state index contributed by atoms with van der Waals surface area (Å²) in [7, 11) is 0. The largest absolute Gasteiger partial charge is 0.355 e. The summed E-state index contributed by atoms with van der Waals surface area (Å²) in [4.78, 5) is 33.0. The van der Waals surface area contributed by atoms with Gasteiger partial charge in [0.25, 0.3) is 5.91 Å². The van der Waals surface area contributed by atoms with Crippen molar-refractivity contribution in [3.05, 3.63) is 30.1 Å². The normalized spacial score (nSPS) is 15.2. The summed E-state index contributed by atoms with van der Waals surface area (Å²) >= 11 is 0. The molecule has 0 aliphatic carbocycles. The Labute approximate surface area is 139 Å². The number of nitrogens with zero attached hydrogens (tertiary/aromatic N) is 3. The molecule has 0 atom stereocenters. The smallest absolute Gasteiger partial charge is 0.253 e. The molecule has 0 saturated carbocycles. The second-order valence-electron chi connectivity index (χ2n) is 6.01. The van der Waals surface area contributed by atoms with Crippen molar-refractivity contribution < 1.29 is 9.59 Å². The van der Waals surface area contributed by atoms with Gasteiger partial charge in [0.2, 0.25) is 5.91 Å². The highest BCUT2D eigenvalue weighted by atomic mass is 16.2. The predicted octanol–water partition coefficient (Wildman–Crippen LogP) is 1.44. The van der Waals surface area contributed by atoms with Crippen molar-refractivity contribution in [3.8, 4) is 6.07 Å². The Balaban J connectivity index is 1.53. The highest BCUT2D eigenvalue weighted by Gasteiger charge is 2.24. The van der Waals surface area contributed by atoms with Gasteiger partial charge in [-0.05, 0) is 37.0 Å². The molecule has 1 aliphatic rings. The Hall–Kier alpha value is -2.88. The van der Waals surface area contributed by atoms with Gasteiger partial charge in [0, 0.05) is 25.2 Å². The summed E-state index contributed by atoms with van der Waals surface area (Å²) in [5.74, 6) is 0.147. The molecule has 0 unspecified atom stereocenters. The quantitative estimate of drug-likeness (QED) is 0.888. The SMILES string of the molecule is N#CCC(=O)NCC1CCN(C(=O)c2ccc3nc[nH]c3c2)CC1. The third-order valence-corrected chi connectivity index (χ3v) is 4.40. The zero-order valence-corrected chi connectivity index (χ0v) is 13.3. The van der Waals surface area contributed by atoms with Crippen molar-refractivity contribution >= 4 is 22.8 Å². The van der Waals surface area contributed by atoms with Gasteiger partial charge in [-0.25, -0.2) is 4.98 Å². The minimum absolute atomic E-state index is 0.0264.